The highest BCUT2D eigenvalue weighted by atomic mass is 16.3. The lowest BCUT2D eigenvalue weighted by atomic mass is 10.2. The van der Waals surface area contributed by atoms with Gasteiger partial charge in [-0.1, -0.05) is 18.2 Å². The van der Waals surface area contributed by atoms with Gasteiger partial charge in [0.25, 0.3) is 0 Å². The molecule has 0 radical (unpaired) electrons. The maximum absolute atomic E-state index is 9.54. The number of aliphatic hydroxyl groups is 1. The van der Waals surface area contributed by atoms with Crippen LogP contribution in [0.4, 0.5) is 0 Å². The van der Waals surface area contributed by atoms with Crippen LogP contribution in [0.5, 0.6) is 0 Å². The van der Waals surface area contributed by atoms with Crippen LogP contribution in [0, 0.1) is 0 Å². The summed E-state index contributed by atoms with van der Waals surface area (Å²) in [5, 5.41) is 20.9. The van der Waals surface area contributed by atoms with E-state index in [4.69, 9.17) is 0 Å². The van der Waals surface area contributed by atoms with E-state index in [1.54, 1.807) is 6.33 Å². The van der Waals surface area contributed by atoms with E-state index in [1.807, 2.05) is 34.9 Å². The minimum absolute atomic E-state index is 0.0766. The third-order valence-corrected chi connectivity index (χ3v) is 3.03. The zero-order valence-corrected chi connectivity index (χ0v) is 9.32. The van der Waals surface area contributed by atoms with Gasteiger partial charge < -0.3 is 10.4 Å². The lowest BCUT2D eigenvalue weighted by molar-refractivity contribution is 0.193. The van der Waals surface area contributed by atoms with E-state index in [1.165, 1.54) is 0 Å². The van der Waals surface area contributed by atoms with Gasteiger partial charge in [0.2, 0.25) is 0 Å². The van der Waals surface area contributed by atoms with Crippen molar-refractivity contribution in [2.75, 3.05) is 6.54 Å². The number of benzene rings is 1. The Morgan fingerprint density at radius 2 is 2.12 bits per heavy atom. The quantitative estimate of drug-likeness (QED) is 0.795. The highest BCUT2D eigenvalue weighted by Gasteiger charge is 2.27. The predicted molar refractivity (Wildman–Crippen MR) is 62.7 cm³/mol. The number of hydrogen-bond acceptors (Lipinski definition) is 4. The molecular weight excluding hydrogens is 216 g/mol. The van der Waals surface area contributed by atoms with Gasteiger partial charge in [-0.2, -0.15) is 0 Å². The van der Waals surface area contributed by atoms with Gasteiger partial charge in [0.15, 0.2) is 5.82 Å². The molecule has 1 saturated heterocycles. The molecule has 88 valence electrons. The van der Waals surface area contributed by atoms with Crippen LogP contribution in [-0.2, 0) is 0 Å². The Morgan fingerprint density at radius 3 is 2.82 bits per heavy atom. The van der Waals surface area contributed by atoms with Crippen molar-refractivity contribution in [1.29, 1.82) is 0 Å². The normalized spacial score (nSPS) is 24.1. The van der Waals surface area contributed by atoms with Gasteiger partial charge >= 0.3 is 0 Å². The Hall–Kier alpha value is -1.72. The number of nitrogens with one attached hydrogen (secondary N) is 1. The van der Waals surface area contributed by atoms with Gasteiger partial charge in [-0.05, 0) is 18.6 Å². The van der Waals surface area contributed by atoms with Gasteiger partial charge in [0.1, 0.15) is 6.33 Å². The molecule has 0 aliphatic carbocycles. The predicted octanol–water partition coefficient (Wildman–Crippen LogP) is 0.663. The van der Waals surface area contributed by atoms with Gasteiger partial charge in [-0.3, -0.25) is 4.57 Å². The lowest BCUT2D eigenvalue weighted by Gasteiger charge is -2.11. The van der Waals surface area contributed by atoms with E-state index in [0.717, 1.165) is 11.5 Å². The van der Waals surface area contributed by atoms with Crippen LogP contribution in [0.15, 0.2) is 36.7 Å². The SMILES string of the molecule is O[C@H]1CN[C@H](c2nncn2-c2ccccc2)C1. The fourth-order valence-corrected chi connectivity index (χ4v) is 2.18. The molecule has 0 unspecified atom stereocenters. The molecule has 1 aromatic heterocycles. The fourth-order valence-electron chi connectivity index (χ4n) is 2.18. The highest BCUT2D eigenvalue weighted by molar-refractivity contribution is 5.32. The Bertz CT molecular complexity index is 496. The van der Waals surface area contributed by atoms with E-state index >= 15 is 0 Å². The second-order valence-electron chi connectivity index (χ2n) is 4.25. The van der Waals surface area contributed by atoms with Gasteiger partial charge in [0, 0.05) is 12.2 Å². The van der Waals surface area contributed by atoms with Gasteiger partial charge in [0.05, 0.1) is 12.1 Å². The standard InChI is InChI=1S/C12H14N4O/c17-10-6-11(13-7-10)12-15-14-8-16(12)9-4-2-1-3-5-9/h1-5,8,10-11,13,17H,6-7H2/t10-,11+/m1/s1. The fraction of sp³-hybridized carbons (Fsp3) is 0.333. The van der Waals surface area contributed by atoms with E-state index in [2.05, 4.69) is 15.5 Å². The first-order valence-corrected chi connectivity index (χ1v) is 5.71. The van der Waals surface area contributed by atoms with Crippen LogP contribution < -0.4 is 5.32 Å². The van der Waals surface area contributed by atoms with Crippen molar-refractivity contribution in [2.45, 2.75) is 18.6 Å². The zero-order valence-electron chi connectivity index (χ0n) is 9.32. The van der Waals surface area contributed by atoms with Crippen LogP contribution in [0.25, 0.3) is 5.69 Å². The van der Waals surface area contributed by atoms with E-state index in [-0.39, 0.29) is 12.1 Å². The molecule has 1 aromatic carbocycles. The number of aromatic nitrogens is 3. The Kier molecular flexibility index (Phi) is 2.62. The molecule has 2 heterocycles. The van der Waals surface area contributed by atoms with Crippen LogP contribution >= 0.6 is 0 Å². The molecule has 1 aliphatic rings. The van der Waals surface area contributed by atoms with Crippen molar-refractivity contribution in [3.05, 3.63) is 42.5 Å². The number of nitrogens with zero attached hydrogens (tertiary/aromatic N) is 3. The molecule has 2 aromatic rings. The van der Waals surface area contributed by atoms with Crippen LogP contribution in [0.2, 0.25) is 0 Å². The lowest BCUT2D eigenvalue weighted by Crippen LogP contribution is -2.18. The summed E-state index contributed by atoms with van der Waals surface area (Å²) in [6.07, 6.45) is 2.10. The Labute approximate surface area is 99.1 Å². The van der Waals surface area contributed by atoms with Crippen molar-refractivity contribution in [3.63, 3.8) is 0 Å². The van der Waals surface area contributed by atoms with E-state index < -0.39 is 0 Å². The van der Waals surface area contributed by atoms with Crippen LogP contribution in [-0.4, -0.2) is 32.5 Å². The average Bonchev–Trinajstić information content (AvgIpc) is 2.98. The van der Waals surface area contributed by atoms with Crippen LogP contribution in [0.3, 0.4) is 0 Å². The molecule has 0 amide bonds. The molecule has 17 heavy (non-hydrogen) atoms. The minimum atomic E-state index is -0.291. The third kappa shape index (κ3) is 1.94. The third-order valence-electron chi connectivity index (χ3n) is 3.03. The molecule has 0 bridgehead atoms. The van der Waals surface area contributed by atoms with Crippen LogP contribution in [0.1, 0.15) is 18.3 Å². The second-order valence-corrected chi connectivity index (χ2v) is 4.25. The number of hydrogen-bond donors (Lipinski definition) is 2. The summed E-state index contributed by atoms with van der Waals surface area (Å²) in [5.41, 5.74) is 1.04. The monoisotopic (exact) mass is 230 g/mol. The summed E-state index contributed by atoms with van der Waals surface area (Å²) in [4.78, 5) is 0. The molecule has 5 heteroatoms. The summed E-state index contributed by atoms with van der Waals surface area (Å²) in [6, 6.07) is 10.0. The van der Waals surface area contributed by atoms with Crippen molar-refractivity contribution >= 4 is 0 Å². The maximum atomic E-state index is 9.54. The Balaban J connectivity index is 1.95. The van der Waals surface area contributed by atoms with Gasteiger partial charge in [-0.25, -0.2) is 0 Å². The van der Waals surface area contributed by atoms with E-state index in [9.17, 15) is 5.11 Å². The van der Waals surface area contributed by atoms with Gasteiger partial charge in [-0.15, -0.1) is 10.2 Å². The summed E-state index contributed by atoms with van der Waals surface area (Å²) in [5.74, 6) is 0.854. The van der Waals surface area contributed by atoms with E-state index in [0.29, 0.717) is 13.0 Å². The highest BCUT2D eigenvalue weighted by Crippen LogP contribution is 2.23. The molecule has 1 aliphatic heterocycles. The molecule has 5 nitrogen and oxygen atoms in total. The smallest absolute Gasteiger partial charge is 0.154 e. The molecular formula is C12H14N4O. The second kappa shape index (κ2) is 4.27. The first kappa shape index (κ1) is 10.4. The first-order chi connectivity index (χ1) is 8.34. The maximum Gasteiger partial charge on any atom is 0.154 e. The molecule has 2 N–H and O–H groups in total. The number of β-amino-alcohol motifs (C(OH)–C–C–N with tert-alkyl or cyclic N) is 1. The molecule has 3 rings (SSSR count). The molecule has 0 saturated carbocycles. The molecule has 0 spiro atoms. The van der Waals surface area contributed by atoms with Crippen molar-refractivity contribution in [1.82, 2.24) is 20.1 Å². The van der Waals surface area contributed by atoms with Crippen molar-refractivity contribution in [3.8, 4) is 5.69 Å². The zero-order chi connectivity index (χ0) is 11.7. The Morgan fingerprint density at radius 1 is 1.29 bits per heavy atom. The largest absolute Gasteiger partial charge is 0.392 e. The molecule has 1 fully saturated rings. The summed E-state index contributed by atoms with van der Waals surface area (Å²) in [6.45, 7) is 0.617. The number of aliphatic hydroxyl groups excluding tert-OH is 1. The number of rotatable bonds is 2. The van der Waals surface area contributed by atoms with Crippen molar-refractivity contribution in [2.24, 2.45) is 0 Å². The summed E-state index contributed by atoms with van der Waals surface area (Å²) in [7, 11) is 0. The van der Waals surface area contributed by atoms with Crippen molar-refractivity contribution < 1.29 is 5.11 Å². The number of para-hydroxylation sites is 1. The molecule has 2 atom stereocenters. The topological polar surface area (TPSA) is 63.0 Å². The first-order valence-electron chi connectivity index (χ1n) is 5.71. The average molecular weight is 230 g/mol. The minimum Gasteiger partial charge on any atom is -0.392 e. The summed E-state index contributed by atoms with van der Waals surface area (Å²) < 4.78 is 1.95. The summed E-state index contributed by atoms with van der Waals surface area (Å²) >= 11 is 0.